The molecule has 0 spiro atoms. The van der Waals surface area contributed by atoms with Crippen molar-refractivity contribution < 1.29 is 9.90 Å². The second kappa shape index (κ2) is 9.32. The average Bonchev–Trinajstić information content (AvgIpc) is 2.40. The molecule has 0 bridgehead atoms. The molecule has 1 fully saturated rings. The summed E-state index contributed by atoms with van der Waals surface area (Å²) < 4.78 is 0. The maximum absolute atomic E-state index is 11.4. The number of piperazine rings is 1. The fraction of sp³-hybridized carbons (Fsp3) is 0.933. The molecule has 0 saturated carbocycles. The summed E-state index contributed by atoms with van der Waals surface area (Å²) >= 11 is 0. The van der Waals surface area contributed by atoms with Crippen molar-refractivity contribution in [3.63, 3.8) is 0 Å². The molecule has 1 rings (SSSR count). The molecule has 1 saturated heterocycles. The molecule has 1 heterocycles. The summed E-state index contributed by atoms with van der Waals surface area (Å²) in [6.45, 7) is 9.01. The van der Waals surface area contributed by atoms with Gasteiger partial charge in [-0.15, -0.1) is 0 Å². The van der Waals surface area contributed by atoms with Crippen LogP contribution in [0.2, 0.25) is 0 Å². The highest BCUT2D eigenvalue weighted by atomic mass is 16.4. The maximum Gasteiger partial charge on any atom is 0.322 e. The van der Waals surface area contributed by atoms with E-state index in [1.165, 1.54) is 32.1 Å². The van der Waals surface area contributed by atoms with Crippen LogP contribution in [0.25, 0.3) is 0 Å². The van der Waals surface area contributed by atoms with Crippen LogP contribution in [-0.4, -0.2) is 59.6 Å². The van der Waals surface area contributed by atoms with Crippen molar-refractivity contribution in [2.24, 2.45) is 0 Å². The SMILES string of the molecule is CCCCCN1CCN(CCCCC)C(C(=O)O)C1. The number of unbranched alkanes of at least 4 members (excludes halogenated alkanes) is 4. The smallest absolute Gasteiger partial charge is 0.322 e. The van der Waals surface area contributed by atoms with Crippen molar-refractivity contribution >= 4 is 5.97 Å². The van der Waals surface area contributed by atoms with E-state index in [1.807, 2.05) is 0 Å². The van der Waals surface area contributed by atoms with E-state index >= 15 is 0 Å². The van der Waals surface area contributed by atoms with E-state index in [-0.39, 0.29) is 6.04 Å². The Morgan fingerprint density at radius 3 is 2.26 bits per heavy atom. The quantitative estimate of drug-likeness (QED) is 0.654. The number of hydrogen-bond donors (Lipinski definition) is 1. The normalized spacial score (nSPS) is 21.7. The Balaban J connectivity index is 2.38. The van der Waals surface area contributed by atoms with E-state index in [4.69, 9.17) is 0 Å². The molecule has 1 N–H and O–H groups in total. The number of carbonyl (C=O) groups is 1. The number of carboxylic acids is 1. The van der Waals surface area contributed by atoms with E-state index in [9.17, 15) is 9.90 Å². The number of carboxylic acid groups (broad SMARTS) is 1. The van der Waals surface area contributed by atoms with Crippen LogP contribution in [0, 0.1) is 0 Å². The summed E-state index contributed by atoms with van der Waals surface area (Å²) in [7, 11) is 0. The standard InChI is InChI=1S/C15H30N2O2/c1-3-5-7-9-16-11-12-17(10-8-6-4-2)14(13-16)15(18)19/h14H,3-13H2,1-2H3,(H,18,19). The number of aliphatic carboxylic acids is 1. The zero-order chi connectivity index (χ0) is 14.1. The van der Waals surface area contributed by atoms with E-state index in [0.717, 1.165) is 32.6 Å². The minimum atomic E-state index is -0.656. The Morgan fingerprint density at radius 1 is 1.05 bits per heavy atom. The largest absolute Gasteiger partial charge is 0.480 e. The second-order valence-electron chi connectivity index (χ2n) is 5.60. The van der Waals surface area contributed by atoms with Gasteiger partial charge in [-0.3, -0.25) is 14.6 Å². The van der Waals surface area contributed by atoms with Crippen LogP contribution in [0.5, 0.6) is 0 Å². The third-order valence-electron chi connectivity index (χ3n) is 3.99. The number of rotatable bonds is 9. The summed E-state index contributed by atoms with van der Waals surface area (Å²) in [5, 5.41) is 9.39. The molecule has 0 aromatic rings. The second-order valence-corrected chi connectivity index (χ2v) is 5.60. The van der Waals surface area contributed by atoms with Gasteiger partial charge in [0, 0.05) is 19.6 Å². The summed E-state index contributed by atoms with van der Waals surface area (Å²) in [6, 6.07) is -0.299. The highest BCUT2D eigenvalue weighted by molar-refractivity contribution is 5.74. The molecule has 4 heteroatoms. The molecule has 1 aliphatic rings. The third-order valence-corrected chi connectivity index (χ3v) is 3.99. The van der Waals surface area contributed by atoms with Gasteiger partial charge in [-0.05, 0) is 25.9 Å². The zero-order valence-corrected chi connectivity index (χ0v) is 12.6. The van der Waals surface area contributed by atoms with Gasteiger partial charge in [-0.1, -0.05) is 39.5 Å². The average molecular weight is 270 g/mol. The minimum Gasteiger partial charge on any atom is -0.480 e. The summed E-state index contributed by atoms with van der Waals surface area (Å²) in [4.78, 5) is 15.9. The van der Waals surface area contributed by atoms with Crippen molar-refractivity contribution in [3.8, 4) is 0 Å². The van der Waals surface area contributed by atoms with Crippen LogP contribution >= 0.6 is 0 Å². The first-order chi connectivity index (χ1) is 9.19. The fourth-order valence-electron chi connectivity index (χ4n) is 2.73. The fourth-order valence-corrected chi connectivity index (χ4v) is 2.73. The Kier molecular flexibility index (Phi) is 8.07. The number of nitrogens with zero attached hydrogens (tertiary/aromatic N) is 2. The molecular weight excluding hydrogens is 240 g/mol. The lowest BCUT2D eigenvalue weighted by atomic mass is 10.1. The first kappa shape index (κ1) is 16.4. The molecule has 1 atom stereocenters. The van der Waals surface area contributed by atoms with Gasteiger partial charge in [0.05, 0.1) is 0 Å². The first-order valence-electron chi connectivity index (χ1n) is 7.88. The van der Waals surface area contributed by atoms with Crippen LogP contribution in [0.4, 0.5) is 0 Å². The molecule has 112 valence electrons. The van der Waals surface area contributed by atoms with Gasteiger partial charge in [0.15, 0.2) is 0 Å². The van der Waals surface area contributed by atoms with Gasteiger partial charge >= 0.3 is 5.97 Å². The maximum atomic E-state index is 11.4. The lowest BCUT2D eigenvalue weighted by Crippen LogP contribution is -2.56. The van der Waals surface area contributed by atoms with Crippen molar-refractivity contribution in [1.29, 1.82) is 0 Å². The number of hydrogen-bond acceptors (Lipinski definition) is 3. The molecule has 4 nitrogen and oxygen atoms in total. The molecule has 0 aromatic heterocycles. The Bertz CT molecular complexity index is 259. The van der Waals surface area contributed by atoms with Crippen LogP contribution in [-0.2, 0) is 4.79 Å². The lowest BCUT2D eigenvalue weighted by Gasteiger charge is -2.39. The van der Waals surface area contributed by atoms with Crippen LogP contribution < -0.4 is 0 Å². The van der Waals surface area contributed by atoms with Gasteiger partial charge in [-0.2, -0.15) is 0 Å². The van der Waals surface area contributed by atoms with E-state index in [0.29, 0.717) is 6.54 Å². The predicted molar refractivity (Wildman–Crippen MR) is 78.5 cm³/mol. The Hall–Kier alpha value is -0.610. The van der Waals surface area contributed by atoms with Gasteiger partial charge in [-0.25, -0.2) is 0 Å². The van der Waals surface area contributed by atoms with Gasteiger partial charge in [0.1, 0.15) is 6.04 Å². The summed E-state index contributed by atoms with van der Waals surface area (Å²) in [6.07, 6.45) is 7.17. The molecular formula is C15H30N2O2. The molecule has 0 aromatic carbocycles. The summed E-state index contributed by atoms with van der Waals surface area (Å²) in [5.74, 6) is -0.656. The summed E-state index contributed by atoms with van der Waals surface area (Å²) in [5.41, 5.74) is 0. The molecule has 0 amide bonds. The van der Waals surface area contributed by atoms with Crippen molar-refractivity contribution in [2.45, 2.75) is 58.4 Å². The van der Waals surface area contributed by atoms with Gasteiger partial charge in [0.25, 0.3) is 0 Å². The minimum absolute atomic E-state index is 0.299. The van der Waals surface area contributed by atoms with Gasteiger partial charge in [0.2, 0.25) is 0 Å². The highest BCUT2D eigenvalue weighted by Crippen LogP contribution is 2.13. The molecule has 0 radical (unpaired) electrons. The van der Waals surface area contributed by atoms with E-state index in [2.05, 4.69) is 23.6 Å². The van der Waals surface area contributed by atoms with Crippen molar-refractivity contribution in [2.75, 3.05) is 32.7 Å². The Morgan fingerprint density at radius 2 is 1.68 bits per heavy atom. The lowest BCUT2D eigenvalue weighted by molar-refractivity contribution is -0.145. The third kappa shape index (κ3) is 5.91. The first-order valence-corrected chi connectivity index (χ1v) is 7.88. The molecule has 19 heavy (non-hydrogen) atoms. The topological polar surface area (TPSA) is 43.8 Å². The zero-order valence-electron chi connectivity index (χ0n) is 12.6. The van der Waals surface area contributed by atoms with E-state index in [1.54, 1.807) is 0 Å². The van der Waals surface area contributed by atoms with Crippen LogP contribution in [0.1, 0.15) is 52.4 Å². The Labute approximate surface area is 117 Å². The highest BCUT2D eigenvalue weighted by Gasteiger charge is 2.31. The van der Waals surface area contributed by atoms with Crippen LogP contribution in [0.3, 0.4) is 0 Å². The van der Waals surface area contributed by atoms with E-state index < -0.39 is 5.97 Å². The van der Waals surface area contributed by atoms with Crippen LogP contribution in [0.15, 0.2) is 0 Å². The van der Waals surface area contributed by atoms with Crippen molar-refractivity contribution in [1.82, 2.24) is 9.80 Å². The molecule has 1 aliphatic heterocycles. The van der Waals surface area contributed by atoms with Gasteiger partial charge < -0.3 is 5.11 Å². The van der Waals surface area contributed by atoms with Crippen molar-refractivity contribution in [3.05, 3.63) is 0 Å². The molecule has 1 unspecified atom stereocenters. The molecule has 0 aliphatic carbocycles. The predicted octanol–water partition coefficient (Wildman–Crippen LogP) is 2.44. The monoisotopic (exact) mass is 270 g/mol.